The highest BCUT2D eigenvalue weighted by molar-refractivity contribution is 5.76. The van der Waals surface area contributed by atoms with E-state index in [-0.39, 0.29) is 24.0 Å². The van der Waals surface area contributed by atoms with Gasteiger partial charge >= 0.3 is 0 Å². The van der Waals surface area contributed by atoms with Crippen molar-refractivity contribution < 1.29 is 9.90 Å². The summed E-state index contributed by atoms with van der Waals surface area (Å²) in [5.74, 6) is 0.453. The van der Waals surface area contributed by atoms with Gasteiger partial charge in [-0.05, 0) is 30.6 Å². The standard InChI is InChI=1S/C14H25NO2/c1-14(2,3)9-12(10-16)15-13(17)8-11-6-4-5-7-11/h4,6,11-12,16H,5,7-10H2,1-3H3,(H,15,17). The minimum atomic E-state index is -0.118. The Morgan fingerprint density at radius 2 is 2.24 bits per heavy atom. The number of amides is 1. The second kappa shape index (κ2) is 6.20. The summed E-state index contributed by atoms with van der Waals surface area (Å²) >= 11 is 0. The molecule has 2 unspecified atom stereocenters. The second-order valence-corrected chi connectivity index (χ2v) is 6.18. The average molecular weight is 239 g/mol. The van der Waals surface area contributed by atoms with Gasteiger partial charge in [0.05, 0.1) is 12.6 Å². The van der Waals surface area contributed by atoms with Crippen LogP contribution in [0.15, 0.2) is 12.2 Å². The van der Waals surface area contributed by atoms with E-state index >= 15 is 0 Å². The first-order valence-corrected chi connectivity index (χ1v) is 6.47. The highest BCUT2D eigenvalue weighted by Gasteiger charge is 2.21. The summed E-state index contributed by atoms with van der Waals surface area (Å²) in [5, 5.41) is 12.2. The maximum absolute atomic E-state index is 11.8. The monoisotopic (exact) mass is 239 g/mol. The van der Waals surface area contributed by atoms with Gasteiger partial charge in [0.15, 0.2) is 0 Å². The molecule has 0 fully saturated rings. The maximum atomic E-state index is 11.8. The Kier molecular flexibility index (Phi) is 5.19. The molecule has 0 heterocycles. The van der Waals surface area contributed by atoms with Crippen LogP contribution in [-0.2, 0) is 4.79 Å². The molecule has 0 spiro atoms. The Labute approximate surface area is 104 Å². The van der Waals surface area contributed by atoms with Gasteiger partial charge in [-0.1, -0.05) is 32.9 Å². The molecule has 1 rings (SSSR count). The molecule has 1 amide bonds. The van der Waals surface area contributed by atoms with Crippen molar-refractivity contribution in [2.24, 2.45) is 11.3 Å². The third-order valence-electron chi connectivity index (χ3n) is 3.00. The first-order chi connectivity index (χ1) is 7.90. The van der Waals surface area contributed by atoms with Gasteiger partial charge in [0.2, 0.25) is 5.91 Å². The number of hydrogen-bond donors (Lipinski definition) is 2. The van der Waals surface area contributed by atoms with Crippen LogP contribution in [-0.4, -0.2) is 23.7 Å². The fourth-order valence-corrected chi connectivity index (χ4v) is 2.29. The molecule has 98 valence electrons. The van der Waals surface area contributed by atoms with Crippen LogP contribution in [0.5, 0.6) is 0 Å². The van der Waals surface area contributed by atoms with Gasteiger partial charge < -0.3 is 10.4 Å². The Balaban J connectivity index is 2.34. The highest BCUT2D eigenvalue weighted by atomic mass is 16.3. The van der Waals surface area contributed by atoms with Gasteiger partial charge in [-0.2, -0.15) is 0 Å². The summed E-state index contributed by atoms with van der Waals surface area (Å²) in [4.78, 5) is 11.8. The molecule has 2 N–H and O–H groups in total. The normalized spacial score (nSPS) is 21.5. The van der Waals surface area contributed by atoms with Crippen molar-refractivity contribution in [1.29, 1.82) is 0 Å². The largest absolute Gasteiger partial charge is 0.394 e. The van der Waals surface area contributed by atoms with Gasteiger partial charge in [0.1, 0.15) is 0 Å². The third kappa shape index (κ3) is 5.87. The van der Waals surface area contributed by atoms with Crippen LogP contribution in [0.1, 0.15) is 46.5 Å². The maximum Gasteiger partial charge on any atom is 0.220 e. The summed E-state index contributed by atoms with van der Waals surface area (Å²) in [6, 6.07) is -0.118. The molecule has 0 aromatic rings. The van der Waals surface area contributed by atoms with Crippen LogP contribution < -0.4 is 5.32 Å². The molecule has 0 radical (unpaired) electrons. The van der Waals surface area contributed by atoms with Crippen LogP contribution in [0.25, 0.3) is 0 Å². The SMILES string of the molecule is CC(C)(C)CC(CO)NC(=O)CC1C=CCC1. The lowest BCUT2D eigenvalue weighted by Crippen LogP contribution is -2.40. The molecule has 0 saturated carbocycles. The molecule has 0 aromatic heterocycles. The molecular formula is C14H25NO2. The molecular weight excluding hydrogens is 214 g/mol. The molecule has 0 aliphatic heterocycles. The molecule has 3 nitrogen and oxygen atoms in total. The molecule has 2 atom stereocenters. The first kappa shape index (κ1) is 14.2. The summed E-state index contributed by atoms with van der Waals surface area (Å²) in [7, 11) is 0. The van der Waals surface area contributed by atoms with E-state index in [1.165, 1.54) is 0 Å². The minimum absolute atomic E-state index is 0.0174. The number of aliphatic hydroxyl groups is 1. The van der Waals surface area contributed by atoms with Gasteiger partial charge in [-0.25, -0.2) is 0 Å². The van der Waals surface area contributed by atoms with E-state index in [2.05, 4.69) is 38.2 Å². The van der Waals surface area contributed by atoms with E-state index in [1.807, 2.05) is 0 Å². The highest BCUT2D eigenvalue weighted by Crippen LogP contribution is 2.22. The third-order valence-corrected chi connectivity index (χ3v) is 3.00. The lowest BCUT2D eigenvalue weighted by Gasteiger charge is -2.25. The quantitative estimate of drug-likeness (QED) is 0.723. The molecule has 3 heteroatoms. The van der Waals surface area contributed by atoms with Crippen molar-refractivity contribution in [2.45, 2.75) is 52.5 Å². The zero-order chi connectivity index (χ0) is 12.9. The van der Waals surface area contributed by atoms with Crippen LogP contribution in [0.4, 0.5) is 0 Å². The number of carbonyl (C=O) groups is 1. The Morgan fingerprint density at radius 1 is 1.53 bits per heavy atom. The summed E-state index contributed by atoms with van der Waals surface area (Å²) < 4.78 is 0. The lowest BCUT2D eigenvalue weighted by molar-refractivity contribution is -0.122. The van der Waals surface area contributed by atoms with Crippen LogP contribution in [0, 0.1) is 11.3 Å². The van der Waals surface area contributed by atoms with E-state index in [9.17, 15) is 9.90 Å². The lowest BCUT2D eigenvalue weighted by atomic mass is 9.88. The van der Waals surface area contributed by atoms with Gasteiger partial charge in [0, 0.05) is 6.42 Å². The Hall–Kier alpha value is -0.830. The van der Waals surface area contributed by atoms with Crippen LogP contribution >= 0.6 is 0 Å². The topological polar surface area (TPSA) is 49.3 Å². The van der Waals surface area contributed by atoms with Crippen molar-refractivity contribution in [1.82, 2.24) is 5.32 Å². The van der Waals surface area contributed by atoms with Crippen molar-refractivity contribution in [2.75, 3.05) is 6.61 Å². The number of hydrogen-bond acceptors (Lipinski definition) is 2. The molecule has 0 aromatic carbocycles. The van der Waals surface area contributed by atoms with Crippen molar-refractivity contribution in [3.63, 3.8) is 0 Å². The zero-order valence-electron chi connectivity index (χ0n) is 11.2. The van der Waals surface area contributed by atoms with Crippen LogP contribution in [0.3, 0.4) is 0 Å². The summed E-state index contributed by atoms with van der Waals surface area (Å²) in [6.45, 7) is 6.36. The van der Waals surface area contributed by atoms with E-state index in [4.69, 9.17) is 0 Å². The Morgan fingerprint density at radius 3 is 2.71 bits per heavy atom. The number of rotatable bonds is 5. The Bertz CT molecular complexity index is 278. The van der Waals surface area contributed by atoms with E-state index in [0.717, 1.165) is 19.3 Å². The number of allylic oxidation sites excluding steroid dienone is 2. The summed E-state index contributed by atoms with van der Waals surface area (Å²) in [6.07, 6.45) is 7.78. The van der Waals surface area contributed by atoms with E-state index in [0.29, 0.717) is 12.3 Å². The fraction of sp³-hybridized carbons (Fsp3) is 0.786. The molecule has 0 saturated heterocycles. The molecule has 17 heavy (non-hydrogen) atoms. The minimum Gasteiger partial charge on any atom is -0.394 e. The number of carbonyl (C=O) groups excluding carboxylic acids is 1. The molecule has 1 aliphatic carbocycles. The number of aliphatic hydroxyl groups excluding tert-OH is 1. The molecule has 1 aliphatic rings. The van der Waals surface area contributed by atoms with E-state index in [1.54, 1.807) is 0 Å². The smallest absolute Gasteiger partial charge is 0.220 e. The predicted molar refractivity (Wildman–Crippen MR) is 69.6 cm³/mol. The van der Waals surface area contributed by atoms with Gasteiger partial charge in [-0.3, -0.25) is 4.79 Å². The van der Waals surface area contributed by atoms with Crippen molar-refractivity contribution >= 4 is 5.91 Å². The zero-order valence-corrected chi connectivity index (χ0v) is 11.2. The van der Waals surface area contributed by atoms with Crippen molar-refractivity contribution in [3.8, 4) is 0 Å². The van der Waals surface area contributed by atoms with Crippen LogP contribution in [0.2, 0.25) is 0 Å². The average Bonchev–Trinajstić information content (AvgIpc) is 2.67. The second-order valence-electron chi connectivity index (χ2n) is 6.18. The fourth-order valence-electron chi connectivity index (χ4n) is 2.29. The van der Waals surface area contributed by atoms with Crippen molar-refractivity contribution in [3.05, 3.63) is 12.2 Å². The van der Waals surface area contributed by atoms with E-state index < -0.39 is 0 Å². The molecule has 0 bridgehead atoms. The van der Waals surface area contributed by atoms with Gasteiger partial charge in [-0.15, -0.1) is 0 Å². The number of nitrogens with one attached hydrogen (secondary N) is 1. The summed E-state index contributed by atoms with van der Waals surface area (Å²) in [5.41, 5.74) is 0.119. The van der Waals surface area contributed by atoms with Gasteiger partial charge in [0.25, 0.3) is 0 Å². The predicted octanol–water partition coefficient (Wildman–Crippen LogP) is 2.26. The first-order valence-electron chi connectivity index (χ1n) is 6.47.